The summed E-state index contributed by atoms with van der Waals surface area (Å²) in [5, 5.41) is 4.14. The van der Waals surface area contributed by atoms with Crippen LogP contribution in [0.4, 0.5) is 0 Å². The van der Waals surface area contributed by atoms with Crippen LogP contribution in [0.1, 0.15) is 28.4 Å². The van der Waals surface area contributed by atoms with Crippen molar-refractivity contribution in [2.75, 3.05) is 6.54 Å². The van der Waals surface area contributed by atoms with E-state index in [9.17, 15) is 0 Å². The Labute approximate surface area is 112 Å². The number of ether oxygens (including phenoxy) is 1. The molecule has 96 valence electrons. The Bertz CT molecular complexity index is 520. The van der Waals surface area contributed by atoms with E-state index in [1.165, 1.54) is 16.7 Å². The van der Waals surface area contributed by atoms with Gasteiger partial charge in [-0.1, -0.05) is 6.07 Å². The summed E-state index contributed by atoms with van der Waals surface area (Å²) in [6.45, 7) is 6.77. The van der Waals surface area contributed by atoms with Gasteiger partial charge in [0.05, 0.1) is 0 Å². The van der Waals surface area contributed by atoms with Crippen molar-refractivity contribution in [3.05, 3.63) is 51.2 Å². The summed E-state index contributed by atoms with van der Waals surface area (Å²) < 4.78 is 6.08. The summed E-state index contributed by atoms with van der Waals surface area (Å²) >= 11 is 1.67. The molecule has 0 saturated heterocycles. The Morgan fingerprint density at radius 1 is 1.28 bits per heavy atom. The van der Waals surface area contributed by atoms with Gasteiger partial charge in [0.15, 0.2) is 0 Å². The Hall–Kier alpha value is -1.32. The van der Waals surface area contributed by atoms with Gasteiger partial charge in [-0.05, 0) is 60.4 Å². The first-order chi connectivity index (χ1) is 8.61. The third-order valence-corrected chi connectivity index (χ3v) is 3.86. The van der Waals surface area contributed by atoms with Gasteiger partial charge in [0.1, 0.15) is 11.9 Å². The lowest BCUT2D eigenvalue weighted by atomic mass is 10.1. The van der Waals surface area contributed by atoms with Gasteiger partial charge >= 0.3 is 0 Å². The minimum absolute atomic E-state index is 0.0591. The summed E-state index contributed by atoms with van der Waals surface area (Å²) in [5.74, 6) is 0.939. The normalized spacial score (nSPS) is 12.4. The van der Waals surface area contributed by atoms with Crippen LogP contribution < -0.4 is 10.5 Å². The highest BCUT2D eigenvalue weighted by atomic mass is 32.1. The van der Waals surface area contributed by atoms with Crippen LogP contribution in [0, 0.1) is 20.8 Å². The summed E-state index contributed by atoms with van der Waals surface area (Å²) in [4.78, 5) is 0. The van der Waals surface area contributed by atoms with Crippen molar-refractivity contribution in [3.8, 4) is 5.75 Å². The predicted octanol–water partition coefficient (Wildman–Crippen LogP) is 3.75. The fourth-order valence-corrected chi connectivity index (χ4v) is 2.69. The van der Waals surface area contributed by atoms with E-state index < -0.39 is 0 Å². The standard InChI is InChI=1S/C15H19NOS/c1-10-6-11(2)12(3)14(7-10)17-15(8-16)13-4-5-18-9-13/h4-7,9,15H,8,16H2,1-3H3. The maximum Gasteiger partial charge on any atom is 0.137 e. The molecule has 0 fully saturated rings. The van der Waals surface area contributed by atoms with E-state index in [2.05, 4.69) is 49.7 Å². The van der Waals surface area contributed by atoms with E-state index in [0.717, 1.165) is 11.3 Å². The topological polar surface area (TPSA) is 35.2 Å². The molecule has 0 amide bonds. The summed E-state index contributed by atoms with van der Waals surface area (Å²) in [5.41, 5.74) is 10.6. The second kappa shape index (κ2) is 5.55. The van der Waals surface area contributed by atoms with E-state index in [1.54, 1.807) is 11.3 Å². The Morgan fingerprint density at radius 3 is 2.67 bits per heavy atom. The van der Waals surface area contributed by atoms with Gasteiger partial charge in [0.2, 0.25) is 0 Å². The number of rotatable bonds is 4. The molecule has 2 aromatic rings. The molecule has 2 N–H and O–H groups in total. The third-order valence-electron chi connectivity index (χ3n) is 3.16. The molecule has 1 aromatic heterocycles. The van der Waals surface area contributed by atoms with Gasteiger partial charge in [0, 0.05) is 12.1 Å². The van der Waals surface area contributed by atoms with Crippen molar-refractivity contribution >= 4 is 11.3 Å². The zero-order chi connectivity index (χ0) is 13.1. The predicted molar refractivity (Wildman–Crippen MR) is 77.4 cm³/mol. The number of benzene rings is 1. The number of hydrogen-bond donors (Lipinski definition) is 1. The van der Waals surface area contributed by atoms with Crippen molar-refractivity contribution in [3.63, 3.8) is 0 Å². The van der Waals surface area contributed by atoms with Crippen LogP contribution in [0.15, 0.2) is 29.0 Å². The zero-order valence-electron chi connectivity index (χ0n) is 11.1. The monoisotopic (exact) mass is 261 g/mol. The lowest BCUT2D eigenvalue weighted by Crippen LogP contribution is -2.18. The second-order valence-corrected chi connectivity index (χ2v) is 5.38. The molecule has 0 saturated carbocycles. The highest BCUT2D eigenvalue weighted by Gasteiger charge is 2.14. The average Bonchev–Trinajstić information content (AvgIpc) is 2.85. The number of hydrogen-bond acceptors (Lipinski definition) is 3. The van der Waals surface area contributed by atoms with Crippen LogP contribution >= 0.6 is 11.3 Å². The maximum atomic E-state index is 6.08. The minimum atomic E-state index is -0.0591. The first kappa shape index (κ1) is 13.1. The molecule has 0 spiro atoms. The Kier molecular flexibility index (Phi) is 4.04. The smallest absolute Gasteiger partial charge is 0.137 e. The summed E-state index contributed by atoms with van der Waals surface area (Å²) in [6, 6.07) is 6.32. The number of aryl methyl sites for hydroxylation is 2. The van der Waals surface area contributed by atoms with Crippen LogP contribution in [0.25, 0.3) is 0 Å². The molecule has 1 heterocycles. The SMILES string of the molecule is Cc1cc(C)c(C)c(OC(CN)c2ccsc2)c1. The lowest BCUT2D eigenvalue weighted by Gasteiger charge is -2.19. The molecule has 2 rings (SSSR count). The first-order valence-electron chi connectivity index (χ1n) is 6.08. The van der Waals surface area contributed by atoms with Crippen molar-refractivity contribution < 1.29 is 4.74 Å². The molecule has 0 aliphatic rings. The second-order valence-electron chi connectivity index (χ2n) is 4.60. The molecular formula is C15H19NOS. The zero-order valence-corrected chi connectivity index (χ0v) is 11.9. The molecule has 1 aromatic carbocycles. The molecule has 1 atom stereocenters. The third kappa shape index (κ3) is 2.74. The average molecular weight is 261 g/mol. The molecule has 0 radical (unpaired) electrons. The highest BCUT2D eigenvalue weighted by Crippen LogP contribution is 2.28. The maximum absolute atomic E-state index is 6.08. The summed E-state index contributed by atoms with van der Waals surface area (Å²) in [7, 11) is 0. The highest BCUT2D eigenvalue weighted by molar-refractivity contribution is 7.07. The number of nitrogens with two attached hydrogens (primary N) is 1. The largest absolute Gasteiger partial charge is 0.484 e. The van der Waals surface area contributed by atoms with E-state index in [4.69, 9.17) is 10.5 Å². The van der Waals surface area contributed by atoms with Gasteiger partial charge in [0.25, 0.3) is 0 Å². The molecule has 0 aliphatic heterocycles. The van der Waals surface area contributed by atoms with E-state index in [1.807, 2.05) is 0 Å². The fraction of sp³-hybridized carbons (Fsp3) is 0.333. The molecular weight excluding hydrogens is 242 g/mol. The van der Waals surface area contributed by atoms with Gasteiger partial charge in [-0.15, -0.1) is 0 Å². The van der Waals surface area contributed by atoms with Crippen molar-refractivity contribution in [2.24, 2.45) is 5.73 Å². The van der Waals surface area contributed by atoms with Gasteiger partial charge in [-0.2, -0.15) is 11.3 Å². The summed E-state index contributed by atoms with van der Waals surface area (Å²) in [6.07, 6.45) is -0.0591. The Morgan fingerprint density at radius 2 is 2.06 bits per heavy atom. The first-order valence-corrected chi connectivity index (χ1v) is 7.02. The van der Waals surface area contributed by atoms with Crippen LogP contribution in [0.2, 0.25) is 0 Å². The minimum Gasteiger partial charge on any atom is -0.484 e. The van der Waals surface area contributed by atoms with Crippen LogP contribution in [-0.2, 0) is 0 Å². The van der Waals surface area contributed by atoms with Crippen LogP contribution in [0.3, 0.4) is 0 Å². The quantitative estimate of drug-likeness (QED) is 0.909. The van der Waals surface area contributed by atoms with Crippen molar-refractivity contribution in [1.29, 1.82) is 0 Å². The molecule has 1 unspecified atom stereocenters. The molecule has 2 nitrogen and oxygen atoms in total. The molecule has 3 heteroatoms. The lowest BCUT2D eigenvalue weighted by molar-refractivity contribution is 0.213. The van der Waals surface area contributed by atoms with E-state index >= 15 is 0 Å². The van der Waals surface area contributed by atoms with Crippen LogP contribution in [0.5, 0.6) is 5.75 Å². The van der Waals surface area contributed by atoms with Gasteiger partial charge in [-0.25, -0.2) is 0 Å². The van der Waals surface area contributed by atoms with Crippen molar-refractivity contribution in [2.45, 2.75) is 26.9 Å². The van der Waals surface area contributed by atoms with Gasteiger partial charge in [-0.3, -0.25) is 0 Å². The molecule has 0 aliphatic carbocycles. The van der Waals surface area contributed by atoms with Crippen LogP contribution in [-0.4, -0.2) is 6.54 Å². The van der Waals surface area contributed by atoms with Gasteiger partial charge < -0.3 is 10.5 Å². The Balaban J connectivity index is 2.28. The van der Waals surface area contributed by atoms with E-state index in [-0.39, 0.29) is 6.10 Å². The van der Waals surface area contributed by atoms with Crippen molar-refractivity contribution in [1.82, 2.24) is 0 Å². The van der Waals surface area contributed by atoms with E-state index in [0.29, 0.717) is 6.54 Å². The molecule has 18 heavy (non-hydrogen) atoms. The number of thiophene rings is 1. The molecule has 0 bridgehead atoms. The fourth-order valence-electron chi connectivity index (χ4n) is 1.99.